The molecule has 5 nitrogen and oxygen atoms in total. The zero-order chi connectivity index (χ0) is 13.4. The van der Waals surface area contributed by atoms with Gasteiger partial charge in [0.15, 0.2) is 0 Å². The topological polar surface area (TPSA) is 69.6 Å². The third-order valence-corrected chi connectivity index (χ3v) is 3.33. The van der Waals surface area contributed by atoms with Crippen LogP contribution < -0.4 is 5.32 Å². The number of amides is 2. The van der Waals surface area contributed by atoms with Gasteiger partial charge in [0.25, 0.3) is 0 Å². The fraction of sp³-hybridized carbons (Fsp3) is 0.846. The summed E-state index contributed by atoms with van der Waals surface area (Å²) in [6.07, 6.45) is 5.25. The Hall–Kier alpha value is -1.26. The Morgan fingerprint density at radius 1 is 1.39 bits per heavy atom. The maximum atomic E-state index is 11.9. The van der Waals surface area contributed by atoms with Gasteiger partial charge >= 0.3 is 12.0 Å². The maximum Gasteiger partial charge on any atom is 0.317 e. The summed E-state index contributed by atoms with van der Waals surface area (Å²) >= 11 is 0. The van der Waals surface area contributed by atoms with E-state index < -0.39 is 5.97 Å². The molecule has 0 aromatic carbocycles. The number of hydrogen-bond acceptors (Lipinski definition) is 2. The van der Waals surface area contributed by atoms with E-state index >= 15 is 0 Å². The lowest BCUT2D eigenvalue weighted by molar-refractivity contribution is -0.138. The minimum atomic E-state index is -0.773. The van der Waals surface area contributed by atoms with Crippen molar-refractivity contribution in [1.29, 1.82) is 0 Å². The van der Waals surface area contributed by atoms with Crippen molar-refractivity contribution >= 4 is 12.0 Å². The van der Waals surface area contributed by atoms with Crippen molar-refractivity contribution < 1.29 is 14.7 Å². The normalized spacial score (nSPS) is 19.6. The minimum absolute atomic E-state index is 0.0406. The monoisotopic (exact) mass is 256 g/mol. The number of rotatable bonds is 6. The van der Waals surface area contributed by atoms with E-state index in [0.29, 0.717) is 13.1 Å². The molecule has 2 N–H and O–H groups in total. The molecule has 5 heteroatoms. The molecule has 1 rings (SSSR count). The van der Waals surface area contributed by atoms with Gasteiger partial charge in [0, 0.05) is 26.1 Å². The number of carbonyl (C=O) groups is 2. The molecule has 1 unspecified atom stereocenters. The summed E-state index contributed by atoms with van der Waals surface area (Å²) in [5.74, 6) is -0.664. The molecule has 0 spiro atoms. The first-order valence-corrected chi connectivity index (χ1v) is 6.88. The van der Waals surface area contributed by atoms with Crippen LogP contribution in [0.4, 0.5) is 4.79 Å². The molecule has 0 aromatic rings. The Labute approximate surface area is 109 Å². The highest BCUT2D eigenvalue weighted by Crippen LogP contribution is 2.19. The number of urea groups is 1. The number of hydrogen-bond donors (Lipinski definition) is 2. The second-order valence-corrected chi connectivity index (χ2v) is 4.99. The lowest BCUT2D eigenvalue weighted by Gasteiger charge is -2.32. The van der Waals surface area contributed by atoms with E-state index in [1.165, 1.54) is 0 Å². The van der Waals surface area contributed by atoms with Crippen LogP contribution in [0.3, 0.4) is 0 Å². The van der Waals surface area contributed by atoms with Crippen LogP contribution in [0.2, 0.25) is 0 Å². The molecule has 0 aliphatic carbocycles. The van der Waals surface area contributed by atoms with Crippen LogP contribution in [0.15, 0.2) is 0 Å². The molecule has 0 aromatic heterocycles. The summed E-state index contributed by atoms with van der Waals surface area (Å²) < 4.78 is 0. The first-order chi connectivity index (χ1) is 8.63. The van der Waals surface area contributed by atoms with E-state index in [0.717, 1.165) is 38.6 Å². The highest BCUT2D eigenvalue weighted by Gasteiger charge is 2.24. The van der Waals surface area contributed by atoms with E-state index in [9.17, 15) is 9.59 Å². The second kappa shape index (κ2) is 7.95. The molecule has 1 aliphatic rings. The standard InChI is InChI=1S/C13H24N2O3/c1-2-3-4-7-14-13(18)15-8-5-6-11(10-15)9-12(16)17/h11H,2-10H2,1H3,(H,14,18)(H,16,17). The third-order valence-electron chi connectivity index (χ3n) is 3.33. The van der Waals surface area contributed by atoms with Gasteiger partial charge in [0.2, 0.25) is 0 Å². The number of piperidine rings is 1. The number of nitrogens with one attached hydrogen (secondary N) is 1. The van der Waals surface area contributed by atoms with E-state index in [-0.39, 0.29) is 18.4 Å². The number of carboxylic acid groups (broad SMARTS) is 1. The van der Waals surface area contributed by atoms with Gasteiger partial charge in [-0.3, -0.25) is 4.79 Å². The number of aliphatic carboxylic acids is 1. The molecular weight excluding hydrogens is 232 g/mol. The summed E-state index contributed by atoms with van der Waals surface area (Å²) in [7, 11) is 0. The Bertz CT molecular complexity index is 281. The van der Waals surface area contributed by atoms with Crippen molar-refractivity contribution in [2.45, 2.75) is 45.4 Å². The fourth-order valence-corrected chi connectivity index (χ4v) is 2.35. The van der Waals surface area contributed by atoms with Crippen molar-refractivity contribution in [2.75, 3.05) is 19.6 Å². The fourth-order valence-electron chi connectivity index (χ4n) is 2.35. The second-order valence-electron chi connectivity index (χ2n) is 4.99. The molecule has 18 heavy (non-hydrogen) atoms. The van der Waals surface area contributed by atoms with E-state index in [2.05, 4.69) is 12.2 Å². The van der Waals surface area contributed by atoms with Crippen LogP contribution in [-0.2, 0) is 4.79 Å². The van der Waals surface area contributed by atoms with Crippen molar-refractivity contribution in [2.24, 2.45) is 5.92 Å². The molecule has 2 amide bonds. The molecule has 104 valence electrons. The SMILES string of the molecule is CCCCCNC(=O)N1CCCC(CC(=O)O)C1. The van der Waals surface area contributed by atoms with Gasteiger partial charge in [-0.1, -0.05) is 19.8 Å². The molecule has 0 saturated carbocycles. The summed E-state index contributed by atoms with van der Waals surface area (Å²) in [5.41, 5.74) is 0. The molecular formula is C13H24N2O3. The largest absolute Gasteiger partial charge is 0.481 e. The molecule has 1 fully saturated rings. The highest BCUT2D eigenvalue weighted by molar-refractivity contribution is 5.74. The first-order valence-electron chi connectivity index (χ1n) is 6.88. The predicted octanol–water partition coefficient (Wildman–Crippen LogP) is 2.07. The summed E-state index contributed by atoms with van der Waals surface area (Å²) in [4.78, 5) is 24.3. The van der Waals surface area contributed by atoms with E-state index in [1.807, 2.05) is 0 Å². The van der Waals surface area contributed by atoms with Crippen LogP contribution in [0.25, 0.3) is 0 Å². The molecule has 0 radical (unpaired) electrons. The van der Waals surface area contributed by atoms with Crippen LogP contribution in [0.1, 0.15) is 45.4 Å². The van der Waals surface area contributed by atoms with Gasteiger partial charge in [0.1, 0.15) is 0 Å². The van der Waals surface area contributed by atoms with Gasteiger partial charge in [-0.2, -0.15) is 0 Å². The Morgan fingerprint density at radius 3 is 2.83 bits per heavy atom. The van der Waals surface area contributed by atoms with Gasteiger partial charge in [-0.25, -0.2) is 4.79 Å². The summed E-state index contributed by atoms with van der Waals surface area (Å²) in [6.45, 7) is 4.16. The quantitative estimate of drug-likeness (QED) is 0.715. The van der Waals surface area contributed by atoms with Crippen LogP contribution in [0.5, 0.6) is 0 Å². The predicted molar refractivity (Wildman–Crippen MR) is 69.5 cm³/mol. The van der Waals surface area contributed by atoms with Crippen molar-refractivity contribution in [1.82, 2.24) is 10.2 Å². The number of nitrogens with zero attached hydrogens (tertiary/aromatic N) is 1. The smallest absolute Gasteiger partial charge is 0.317 e. The lowest BCUT2D eigenvalue weighted by Crippen LogP contribution is -2.46. The zero-order valence-corrected chi connectivity index (χ0v) is 11.2. The average molecular weight is 256 g/mol. The highest BCUT2D eigenvalue weighted by atomic mass is 16.4. The molecule has 1 saturated heterocycles. The summed E-state index contributed by atoms with van der Waals surface area (Å²) in [5, 5.41) is 11.7. The van der Waals surface area contributed by atoms with Crippen molar-refractivity contribution in [3.8, 4) is 0 Å². The van der Waals surface area contributed by atoms with Gasteiger partial charge in [-0.15, -0.1) is 0 Å². The van der Waals surface area contributed by atoms with Crippen LogP contribution >= 0.6 is 0 Å². The Kier molecular flexibility index (Phi) is 6.54. The molecule has 1 heterocycles. The van der Waals surface area contributed by atoms with Gasteiger partial charge < -0.3 is 15.3 Å². The number of carbonyl (C=O) groups excluding carboxylic acids is 1. The average Bonchev–Trinajstić information content (AvgIpc) is 2.34. The Morgan fingerprint density at radius 2 is 2.17 bits per heavy atom. The maximum absolute atomic E-state index is 11.9. The van der Waals surface area contributed by atoms with E-state index in [4.69, 9.17) is 5.11 Å². The number of likely N-dealkylation sites (tertiary alicyclic amines) is 1. The van der Waals surface area contributed by atoms with Crippen molar-refractivity contribution in [3.63, 3.8) is 0 Å². The van der Waals surface area contributed by atoms with Gasteiger partial charge in [0.05, 0.1) is 0 Å². The lowest BCUT2D eigenvalue weighted by atomic mass is 9.95. The molecule has 1 atom stereocenters. The van der Waals surface area contributed by atoms with Crippen LogP contribution in [0, 0.1) is 5.92 Å². The minimum Gasteiger partial charge on any atom is -0.481 e. The van der Waals surface area contributed by atoms with Crippen molar-refractivity contribution in [3.05, 3.63) is 0 Å². The van der Waals surface area contributed by atoms with Gasteiger partial charge in [-0.05, 0) is 25.2 Å². The van der Waals surface area contributed by atoms with E-state index in [1.54, 1.807) is 4.90 Å². The molecule has 1 aliphatic heterocycles. The zero-order valence-electron chi connectivity index (χ0n) is 11.2. The Balaban J connectivity index is 2.27. The van der Waals surface area contributed by atoms with Crippen LogP contribution in [-0.4, -0.2) is 41.6 Å². The molecule has 0 bridgehead atoms. The third kappa shape index (κ3) is 5.38. The summed E-state index contributed by atoms with van der Waals surface area (Å²) in [6, 6.07) is -0.0406. The first kappa shape index (κ1) is 14.8. The number of unbranched alkanes of at least 4 members (excludes halogenated alkanes) is 2. The number of carboxylic acids is 1.